The summed E-state index contributed by atoms with van der Waals surface area (Å²) >= 11 is 0. The molecule has 0 spiro atoms. The van der Waals surface area contributed by atoms with Gasteiger partial charge in [0.1, 0.15) is 19.3 Å². The van der Waals surface area contributed by atoms with Gasteiger partial charge >= 0.3 is 39.5 Å². The third-order valence-electron chi connectivity index (χ3n) is 16.7. The molecule has 0 aromatic carbocycles. The zero-order valence-electron chi connectivity index (χ0n) is 58.8. The van der Waals surface area contributed by atoms with Gasteiger partial charge in [0.05, 0.1) is 26.4 Å². The summed E-state index contributed by atoms with van der Waals surface area (Å²) in [4.78, 5) is 72.5. The number of esters is 4. The van der Waals surface area contributed by atoms with Crippen molar-refractivity contribution >= 4 is 39.5 Å². The summed E-state index contributed by atoms with van der Waals surface area (Å²) in [5.74, 6) is 0.832. The molecule has 0 rings (SSSR count). The quantitative estimate of drug-likeness (QED) is 0.0222. The van der Waals surface area contributed by atoms with E-state index < -0.39 is 97.5 Å². The van der Waals surface area contributed by atoms with Crippen LogP contribution in [0.3, 0.4) is 0 Å². The summed E-state index contributed by atoms with van der Waals surface area (Å²) in [5.41, 5.74) is 0. The normalized spacial score (nSPS) is 14.6. The maximum Gasteiger partial charge on any atom is 0.472 e. The van der Waals surface area contributed by atoms with E-state index in [0.29, 0.717) is 31.6 Å². The Kier molecular flexibility index (Phi) is 59.4. The van der Waals surface area contributed by atoms with Crippen LogP contribution in [0.25, 0.3) is 0 Å². The van der Waals surface area contributed by atoms with Gasteiger partial charge in [-0.05, 0) is 49.4 Å². The van der Waals surface area contributed by atoms with Crippen molar-refractivity contribution in [2.45, 2.75) is 369 Å². The minimum atomic E-state index is -4.95. The molecular weight excluding hydrogens is 1190 g/mol. The average molecular weight is 1330 g/mol. The number of phosphoric ester groups is 2. The van der Waals surface area contributed by atoms with E-state index in [9.17, 15) is 43.2 Å². The summed E-state index contributed by atoms with van der Waals surface area (Å²) in [6.07, 6.45) is 43.3. The predicted molar refractivity (Wildman–Crippen MR) is 363 cm³/mol. The van der Waals surface area contributed by atoms with Crippen molar-refractivity contribution in [2.24, 2.45) is 23.7 Å². The number of ether oxygens (including phenoxy) is 4. The number of carbonyl (C=O) groups excluding carboxylic acids is 4. The zero-order chi connectivity index (χ0) is 66.8. The highest BCUT2D eigenvalue weighted by Crippen LogP contribution is 2.45. The molecule has 0 aliphatic heterocycles. The Bertz CT molecular complexity index is 1780. The number of hydrogen-bond acceptors (Lipinski definition) is 15. The summed E-state index contributed by atoms with van der Waals surface area (Å²) in [6, 6.07) is 0. The summed E-state index contributed by atoms with van der Waals surface area (Å²) in [5, 5.41) is 10.6. The molecule has 0 aromatic rings. The molecular formula is C71H138O17P2. The van der Waals surface area contributed by atoms with Crippen LogP contribution in [-0.4, -0.2) is 96.7 Å². The van der Waals surface area contributed by atoms with Gasteiger partial charge in [0, 0.05) is 25.7 Å². The third-order valence-corrected chi connectivity index (χ3v) is 18.6. The Morgan fingerprint density at radius 1 is 0.311 bits per heavy atom. The first-order valence-electron chi connectivity index (χ1n) is 36.7. The van der Waals surface area contributed by atoms with E-state index in [1.807, 2.05) is 0 Å². The number of carbonyl (C=O) groups is 4. The van der Waals surface area contributed by atoms with Crippen molar-refractivity contribution in [2.75, 3.05) is 39.6 Å². The molecule has 0 aromatic heterocycles. The Morgan fingerprint density at radius 3 is 0.789 bits per heavy atom. The van der Waals surface area contributed by atoms with E-state index in [4.69, 9.17) is 37.0 Å². The molecule has 0 heterocycles. The minimum absolute atomic E-state index is 0.103. The second-order valence-electron chi connectivity index (χ2n) is 27.3. The maximum atomic E-state index is 13.0. The molecule has 3 unspecified atom stereocenters. The Labute approximate surface area is 549 Å². The first kappa shape index (κ1) is 88.1. The maximum absolute atomic E-state index is 13.0. The highest BCUT2D eigenvalue weighted by molar-refractivity contribution is 7.47. The standard InChI is InChI=1S/C71H138O17P2/c1-9-64(8)50-42-34-28-30-38-46-54-71(76)88-67(57-81-68(73)51-43-35-25-21-17-13-11-10-12-15-19-23-31-39-47-61(2)3)60-86-90(79,80)84-56-65(72)55-83-89(77,78)85-59-66(58-82-69(74)52-44-36-29-27-33-41-49-63(6)7)87-70(75)53-45-37-26-22-18-14-16-20-24-32-40-48-62(4)5/h61-67,72H,9-60H2,1-8H3,(H,77,78)(H,79,80)/t64?,65-,66+,67+/m0/s1. The van der Waals surface area contributed by atoms with Crippen molar-refractivity contribution in [3.8, 4) is 0 Å². The lowest BCUT2D eigenvalue weighted by Crippen LogP contribution is -2.30. The molecule has 0 aliphatic carbocycles. The molecule has 534 valence electrons. The molecule has 0 fully saturated rings. The van der Waals surface area contributed by atoms with E-state index in [1.165, 1.54) is 148 Å². The van der Waals surface area contributed by atoms with Gasteiger partial charge in [-0.25, -0.2) is 9.13 Å². The molecule has 0 saturated carbocycles. The van der Waals surface area contributed by atoms with Crippen LogP contribution in [0.2, 0.25) is 0 Å². The van der Waals surface area contributed by atoms with Gasteiger partial charge in [0.25, 0.3) is 0 Å². The van der Waals surface area contributed by atoms with Crippen molar-refractivity contribution < 1.29 is 80.2 Å². The largest absolute Gasteiger partial charge is 0.472 e. The number of aliphatic hydroxyl groups is 1. The Hall–Kier alpha value is -1.94. The third kappa shape index (κ3) is 63.5. The van der Waals surface area contributed by atoms with Crippen LogP contribution in [0.4, 0.5) is 0 Å². The van der Waals surface area contributed by atoms with Crippen molar-refractivity contribution in [3.63, 3.8) is 0 Å². The van der Waals surface area contributed by atoms with Gasteiger partial charge in [-0.15, -0.1) is 0 Å². The average Bonchev–Trinajstić information content (AvgIpc) is 3.40. The van der Waals surface area contributed by atoms with Gasteiger partial charge < -0.3 is 33.8 Å². The van der Waals surface area contributed by atoms with Crippen molar-refractivity contribution in [1.29, 1.82) is 0 Å². The summed E-state index contributed by atoms with van der Waals surface area (Å²) in [6.45, 7) is 14.1. The molecule has 6 atom stereocenters. The number of unbranched alkanes of at least 4 members (excludes halogenated alkanes) is 33. The monoisotopic (exact) mass is 1320 g/mol. The number of rotatable bonds is 68. The van der Waals surface area contributed by atoms with Gasteiger partial charge in [-0.3, -0.25) is 37.3 Å². The first-order chi connectivity index (χ1) is 43.1. The molecule has 19 heteroatoms. The molecule has 0 bridgehead atoms. The SMILES string of the molecule is CCC(C)CCCCCCCCC(=O)O[C@H](COC(=O)CCCCCCCCCCCCCCCCC(C)C)COP(=O)(O)OC[C@@H](O)COP(=O)(O)OC[C@@H](COC(=O)CCCCCCCCC(C)C)OC(=O)CCCCCCCCCCCCCC(C)C. The highest BCUT2D eigenvalue weighted by Gasteiger charge is 2.30. The lowest BCUT2D eigenvalue weighted by Gasteiger charge is -2.21. The van der Waals surface area contributed by atoms with Crippen LogP contribution in [0, 0.1) is 23.7 Å². The number of phosphoric acid groups is 2. The zero-order valence-corrected chi connectivity index (χ0v) is 60.6. The van der Waals surface area contributed by atoms with Crippen LogP contribution in [0.5, 0.6) is 0 Å². The first-order valence-corrected chi connectivity index (χ1v) is 39.7. The molecule has 0 saturated heterocycles. The molecule has 0 amide bonds. The van der Waals surface area contributed by atoms with Crippen LogP contribution < -0.4 is 0 Å². The van der Waals surface area contributed by atoms with Gasteiger partial charge in [0.2, 0.25) is 0 Å². The Morgan fingerprint density at radius 2 is 0.533 bits per heavy atom. The van der Waals surface area contributed by atoms with E-state index >= 15 is 0 Å². The molecule has 17 nitrogen and oxygen atoms in total. The lowest BCUT2D eigenvalue weighted by atomic mass is 10.00. The molecule has 90 heavy (non-hydrogen) atoms. The number of aliphatic hydroxyl groups excluding tert-OH is 1. The molecule has 0 aliphatic rings. The van der Waals surface area contributed by atoms with Crippen molar-refractivity contribution in [1.82, 2.24) is 0 Å². The fraction of sp³-hybridized carbons (Fsp3) is 0.944. The van der Waals surface area contributed by atoms with Gasteiger partial charge in [-0.2, -0.15) is 0 Å². The molecule has 0 radical (unpaired) electrons. The van der Waals surface area contributed by atoms with Crippen LogP contribution in [0.1, 0.15) is 351 Å². The fourth-order valence-corrected chi connectivity index (χ4v) is 12.2. The summed E-state index contributed by atoms with van der Waals surface area (Å²) in [7, 11) is -9.90. The topological polar surface area (TPSA) is 237 Å². The van der Waals surface area contributed by atoms with E-state index in [0.717, 1.165) is 114 Å². The smallest absolute Gasteiger partial charge is 0.462 e. The minimum Gasteiger partial charge on any atom is -0.462 e. The van der Waals surface area contributed by atoms with E-state index in [2.05, 4.69) is 55.4 Å². The number of hydrogen-bond donors (Lipinski definition) is 3. The van der Waals surface area contributed by atoms with Crippen LogP contribution in [0.15, 0.2) is 0 Å². The highest BCUT2D eigenvalue weighted by atomic mass is 31.2. The lowest BCUT2D eigenvalue weighted by molar-refractivity contribution is -0.161. The summed E-state index contributed by atoms with van der Waals surface area (Å²) < 4.78 is 68.3. The second kappa shape index (κ2) is 60.7. The fourth-order valence-electron chi connectivity index (χ4n) is 10.6. The van der Waals surface area contributed by atoms with Crippen molar-refractivity contribution in [3.05, 3.63) is 0 Å². The van der Waals surface area contributed by atoms with E-state index in [-0.39, 0.29) is 25.7 Å². The second-order valence-corrected chi connectivity index (χ2v) is 30.2. The molecule has 3 N–H and O–H groups in total. The van der Waals surface area contributed by atoms with Gasteiger partial charge in [-0.1, -0.05) is 299 Å². The van der Waals surface area contributed by atoms with Crippen LogP contribution >= 0.6 is 15.6 Å². The predicted octanol–water partition coefficient (Wildman–Crippen LogP) is 20.1. The van der Waals surface area contributed by atoms with Crippen LogP contribution in [-0.2, 0) is 65.4 Å². The Balaban J connectivity index is 5.20. The van der Waals surface area contributed by atoms with E-state index in [1.54, 1.807) is 0 Å². The van der Waals surface area contributed by atoms with Gasteiger partial charge in [0.15, 0.2) is 12.2 Å².